The summed E-state index contributed by atoms with van der Waals surface area (Å²) in [4.78, 5) is 0. The lowest BCUT2D eigenvalue weighted by Crippen LogP contribution is -2.29. The van der Waals surface area contributed by atoms with Gasteiger partial charge in [-0.05, 0) is 12.5 Å². The van der Waals surface area contributed by atoms with E-state index >= 15 is 0 Å². The Hall–Kier alpha value is -1.10. The average molecular weight is 265 g/mol. The molecule has 0 aliphatic carbocycles. The molecular weight excluding hydrogens is 242 g/mol. The first-order chi connectivity index (χ1) is 9.42. The molecule has 2 rings (SSSR count). The third-order valence-electron chi connectivity index (χ3n) is 3.23. The normalized spacial score (nSPS) is 17.8. The number of hydrogen-bond acceptors (Lipinski definition) is 4. The maximum absolute atomic E-state index is 5.64. The van der Waals surface area contributed by atoms with Crippen LogP contribution in [0.25, 0.3) is 0 Å². The van der Waals surface area contributed by atoms with Crippen molar-refractivity contribution in [1.82, 2.24) is 5.32 Å². The van der Waals surface area contributed by atoms with Crippen LogP contribution in [0.3, 0.4) is 0 Å². The second-order valence-corrected chi connectivity index (χ2v) is 4.64. The zero-order chi connectivity index (χ0) is 13.3. The number of para-hydroxylation sites is 1. The molecular formula is C15H23NO3. The van der Waals surface area contributed by atoms with Crippen molar-refractivity contribution < 1.29 is 14.2 Å². The third-order valence-corrected chi connectivity index (χ3v) is 3.23. The minimum absolute atomic E-state index is 0.382. The van der Waals surface area contributed by atoms with E-state index in [9.17, 15) is 0 Å². The summed E-state index contributed by atoms with van der Waals surface area (Å²) in [6.45, 7) is 3.92. The van der Waals surface area contributed by atoms with Gasteiger partial charge in [0.2, 0.25) is 0 Å². The Morgan fingerprint density at radius 2 is 2.16 bits per heavy atom. The smallest absolute Gasteiger partial charge is 0.124 e. The van der Waals surface area contributed by atoms with E-state index in [0.717, 1.165) is 51.6 Å². The second kappa shape index (κ2) is 8.15. The molecule has 0 radical (unpaired) electrons. The van der Waals surface area contributed by atoms with Crippen molar-refractivity contribution in [2.75, 3.05) is 40.1 Å². The molecule has 4 heteroatoms. The summed E-state index contributed by atoms with van der Waals surface area (Å²) in [5.41, 5.74) is 1.26. The summed E-state index contributed by atoms with van der Waals surface area (Å²) in [5, 5.41) is 3.53. The van der Waals surface area contributed by atoms with Crippen molar-refractivity contribution in [3.63, 3.8) is 0 Å². The highest BCUT2D eigenvalue weighted by Gasteiger charge is 2.19. The molecule has 0 saturated carbocycles. The molecule has 1 atom stereocenters. The molecule has 0 spiro atoms. The fraction of sp³-hybridized carbons (Fsp3) is 0.600. The molecule has 0 bridgehead atoms. The molecule has 19 heavy (non-hydrogen) atoms. The van der Waals surface area contributed by atoms with E-state index in [1.165, 1.54) is 5.56 Å². The highest BCUT2D eigenvalue weighted by atomic mass is 16.5. The van der Waals surface area contributed by atoms with Crippen molar-refractivity contribution in [3.05, 3.63) is 29.8 Å². The Kier molecular flexibility index (Phi) is 6.14. The number of ether oxygens (including phenoxy) is 3. The molecule has 1 aromatic rings. The molecule has 0 amide bonds. The Labute approximate surface area is 115 Å². The van der Waals surface area contributed by atoms with Crippen LogP contribution in [0.5, 0.6) is 5.75 Å². The monoisotopic (exact) mass is 265 g/mol. The van der Waals surface area contributed by atoms with Crippen molar-refractivity contribution >= 4 is 0 Å². The topological polar surface area (TPSA) is 39.7 Å². The van der Waals surface area contributed by atoms with Crippen molar-refractivity contribution in [1.29, 1.82) is 0 Å². The summed E-state index contributed by atoms with van der Waals surface area (Å²) < 4.78 is 16.2. The van der Waals surface area contributed by atoms with Gasteiger partial charge in [0.05, 0.1) is 13.2 Å². The van der Waals surface area contributed by atoms with Gasteiger partial charge in [0.15, 0.2) is 0 Å². The van der Waals surface area contributed by atoms with Crippen LogP contribution in [0, 0.1) is 0 Å². The van der Waals surface area contributed by atoms with E-state index in [0.29, 0.717) is 6.04 Å². The molecule has 4 nitrogen and oxygen atoms in total. The van der Waals surface area contributed by atoms with E-state index < -0.39 is 0 Å². The number of hydrogen-bond donors (Lipinski definition) is 1. The van der Waals surface area contributed by atoms with Gasteiger partial charge >= 0.3 is 0 Å². The van der Waals surface area contributed by atoms with E-state index in [1.54, 1.807) is 7.11 Å². The molecule has 106 valence electrons. The van der Waals surface area contributed by atoms with Gasteiger partial charge in [-0.1, -0.05) is 18.2 Å². The van der Waals surface area contributed by atoms with E-state index in [4.69, 9.17) is 14.2 Å². The number of fused-ring (bicyclic) bond motifs is 1. The Balaban J connectivity index is 1.67. The van der Waals surface area contributed by atoms with Crippen LogP contribution >= 0.6 is 0 Å². The highest BCUT2D eigenvalue weighted by Crippen LogP contribution is 2.31. The molecule has 0 fully saturated rings. The van der Waals surface area contributed by atoms with Crippen LogP contribution in [0.15, 0.2) is 24.3 Å². The molecule has 1 aromatic carbocycles. The fourth-order valence-corrected chi connectivity index (χ4v) is 2.27. The largest absolute Gasteiger partial charge is 0.493 e. The summed E-state index contributed by atoms with van der Waals surface area (Å²) >= 11 is 0. The predicted octanol–water partition coefficient (Wildman–Crippen LogP) is 2.15. The maximum Gasteiger partial charge on any atom is 0.124 e. The summed E-state index contributed by atoms with van der Waals surface area (Å²) in [6, 6.07) is 8.62. The molecule has 1 heterocycles. The van der Waals surface area contributed by atoms with Crippen LogP contribution in [0.4, 0.5) is 0 Å². The van der Waals surface area contributed by atoms with E-state index in [1.807, 2.05) is 12.1 Å². The Morgan fingerprint density at radius 1 is 1.26 bits per heavy atom. The average Bonchev–Trinajstić information content (AvgIpc) is 2.46. The SMILES string of the molecule is COCCCOCCNC1CCOc2ccccc21. The van der Waals surface area contributed by atoms with E-state index in [2.05, 4.69) is 17.4 Å². The minimum Gasteiger partial charge on any atom is -0.493 e. The molecule has 1 aliphatic heterocycles. The van der Waals surface area contributed by atoms with Crippen molar-refractivity contribution in [2.24, 2.45) is 0 Å². The van der Waals surface area contributed by atoms with Gasteiger partial charge in [-0.2, -0.15) is 0 Å². The molecule has 1 N–H and O–H groups in total. The summed E-state index contributed by atoms with van der Waals surface area (Å²) in [7, 11) is 1.71. The number of rotatable bonds is 8. The first kappa shape index (κ1) is 14.3. The number of benzene rings is 1. The zero-order valence-corrected chi connectivity index (χ0v) is 11.6. The van der Waals surface area contributed by atoms with Gasteiger partial charge < -0.3 is 19.5 Å². The fourth-order valence-electron chi connectivity index (χ4n) is 2.27. The van der Waals surface area contributed by atoms with Gasteiger partial charge in [-0.3, -0.25) is 0 Å². The molecule has 0 saturated heterocycles. The standard InChI is InChI=1S/C15H23NO3/c1-17-9-4-10-18-12-8-16-14-7-11-19-15-6-3-2-5-13(14)15/h2-3,5-6,14,16H,4,7-12H2,1H3. The molecule has 1 aliphatic rings. The quantitative estimate of drug-likeness (QED) is 0.731. The maximum atomic E-state index is 5.64. The lowest BCUT2D eigenvalue weighted by molar-refractivity contribution is 0.102. The lowest BCUT2D eigenvalue weighted by Gasteiger charge is -2.26. The third kappa shape index (κ3) is 4.49. The van der Waals surface area contributed by atoms with Crippen molar-refractivity contribution in [2.45, 2.75) is 18.9 Å². The number of nitrogens with one attached hydrogen (secondary N) is 1. The van der Waals surface area contributed by atoms with Crippen LogP contribution < -0.4 is 10.1 Å². The van der Waals surface area contributed by atoms with Crippen LogP contribution in [0.2, 0.25) is 0 Å². The lowest BCUT2D eigenvalue weighted by atomic mass is 10.0. The Morgan fingerprint density at radius 3 is 3.05 bits per heavy atom. The first-order valence-electron chi connectivity index (χ1n) is 6.93. The summed E-state index contributed by atoms with van der Waals surface area (Å²) in [6.07, 6.45) is 1.97. The van der Waals surface area contributed by atoms with E-state index in [-0.39, 0.29) is 0 Å². The minimum atomic E-state index is 0.382. The number of methoxy groups -OCH3 is 1. The molecule has 1 unspecified atom stereocenters. The van der Waals surface area contributed by atoms with Gasteiger partial charge in [0.25, 0.3) is 0 Å². The predicted molar refractivity (Wildman–Crippen MR) is 74.6 cm³/mol. The van der Waals surface area contributed by atoms with Gasteiger partial charge in [-0.25, -0.2) is 0 Å². The van der Waals surface area contributed by atoms with Gasteiger partial charge in [-0.15, -0.1) is 0 Å². The Bertz CT molecular complexity index is 370. The van der Waals surface area contributed by atoms with Crippen LogP contribution in [-0.2, 0) is 9.47 Å². The van der Waals surface area contributed by atoms with Gasteiger partial charge in [0.1, 0.15) is 5.75 Å². The van der Waals surface area contributed by atoms with Crippen molar-refractivity contribution in [3.8, 4) is 5.75 Å². The highest BCUT2D eigenvalue weighted by molar-refractivity contribution is 5.37. The second-order valence-electron chi connectivity index (χ2n) is 4.64. The zero-order valence-electron chi connectivity index (χ0n) is 11.6. The molecule has 0 aromatic heterocycles. The van der Waals surface area contributed by atoms with Crippen LogP contribution in [0.1, 0.15) is 24.4 Å². The first-order valence-corrected chi connectivity index (χ1v) is 6.93. The summed E-state index contributed by atoms with van der Waals surface area (Å²) in [5.74, 6) is 1.01. The van der Waals surface area contributed by atoms with Gasteiger partial charge in [0, 0.05) is 44.9 Å². The van der Waals surface area contributed by atoms with Crippen LogP contribution in [-0.4, -0.2) is 40.1 Å².